The maximum absolute atomic E-state index is 8.89. The summed E-state index contributed by atoms with van der Waals surface area (Å²) in [5.74, 6) is 0. The standard InChI is InChI=1S/C18H15N3/c1-13-4-3-5-14(2)18(13)17-10-11-20-21(17)16-8-6-15(12-19)7-9-16/h3-11H,1-2H3. The van der Waals surface area contributed by atoms with Gasteiger partial charge in [-0.05, 0) is 55.3 Å². The molecule has 0 saturated heterocycles. The first-order valence-corrected chi connectivity index (χ1v) is 6.82. The van der Waals surface area contributed by atoms with E-state index in [1.54, 1.807) is 6.20 Å². The lowest BCUT2D eigenvalue weighted by Gasteiger charge is -2.12. The van der Waals surface area contributed by atoms with Crippen molar-refractivity contribution in [2.24, 2.45) is 0 Å². The highest BCUT2D eigenvalue weighted by Gasteiger charge is 2.11. The van der Waals surface area contributed by atoms with E-state index < -0.39 is 0 Å². The molecule has 0 saturated carbocycles. The smallest absolute Gasteiger partial charge is 0.0991 e. The molecule has 0 aliphatic carbocycles. The predicted molar refractivity (Wildman–Crippen MR) is 83.2 cm³/mol. The van der Waals surface area contributed by atoms with E-state index in [0.29, 0.717) is 5.56 Å². The van der Waals surface area contributed by atoms with Crippen molar-refractivity contribution in [1.29, 1.82) is 5.26 Å². The zero-order valence-corrected chi connectivity index (χ0v) is 12.0. The van der Waals surface area contributed by atoms with Crippen LogP contribution in [0.5, 0.6) is 0 Å². The first kappa shape index (κ1) is 13.1. The number of hydrogen-bond donors (Lipinski definition) is 0. The van der Waals surface area contributed by atoms with Crippen molar-refractivity contribution < 1.29 is 0 Å². The molecule has 3 aromatic rings. The summed E-state index contributed by atoms with van der Waals surface area (Å²) in [6.45, 7) is 4.22. The Bertz CT molecular complexity index is 800. The lowest BCUT2D eigenvalue weighted by Crippen LogP contribution is -2.01. The van der Waals surface area contributed by atoms with Gasteiger partial charge in [0, 0.05) is 5.56 Å². The summed E-state index contributed by atoms with van der Waals surface area (Å²) in [6.07, 6.45) is 1.80. The quantitative estimate of drug-likeness (QED) is 0.707. The molecule has 3 nitrogen and oxygen atoms in total. The third-order valence-electron chi connectivity index (χ3n) is 3.62. The van der Waals surface area contributed by atoms with Crippen molar-refractivity contribution in [2.45, 2.75) is 13.8 Å². The van der Waals surface area contributed by atoms with Gasteiger partial charge in [-0.2, -0.15) is 10.4 Å². The predicted octanol–water partition coefficient (Wildman–Crippen LogP) is 4.03. The first-order valence-electron chi connectivity index (χ1n) is 6.82. The largest absolute Gasteiger partial charge is 0.233 e. The number of benzene rings is 2. The molecular formula is C18H15N3. The minimum absolute atomic E-state index is 0.652. The second kappa shape index (κ2) is 5.26. The molecule has 0 bridgehead atoms. The Hall–Kier alpha value is -2.86. The first-order chi connectivity index (χ1) is 10.2. The highest BCUT2D eigenvalue weighted by Crippen LogP contribution is 2.28. The Morgan fingerprint density at radius 1 is 0.952 bits per heavy atom. The molecule has 102 valence electrons. The maximum atomic E-state index is 8.89. The molecule has 0 radical (unpaired) electrons. The number of nitrogens with zero attached hydrogens (tertiary/aromatic N) is 3. The summed E-state index contributed by atoms with van der Waals surface area (Å²) in [6, 6.07) is 17.9. The molecule has 0 aliphatic rings. The Labute approximate surface area is 124 Å². The Kier molecular flexibility index (Phi) is 3.29. The molecule has 1 heterocycles. The van der Waals surface area contributed by atoms with Crippen LogP contribution in [0.1, 0.15) is 16.7 Å². The van der Waals surface area contributed by atoms with E-state index in [1.807, 2.05) is 35.0 Å². The number of hydrogen-bond acceptors (Lipinski definition) is 2. The lowest BCUT2D eigenvalue weighted by molar-refractivity contribution is 0.886. The summed E-state index contributed by atoms with van der Waals surface area (Å²) in [5, 5.41) is 13.3. The summed E-state index contributed by atoms with van der Waals surface area (Å²) in [7, 11) is 0. The monoisotopic (exact) mass is 273 g/mol. The molecule has 0 fully saturated rings. The van der Waals surface area contributed by atoms with Gasteiger partial charge in [0.25, 0.3) is 0 Å². The van der Waals surface area contributed by atoms with Crippen molar-refractivity contribution in [3.8, 4) is 23.0 Å². The van der Waals surface area contributed by atoms with Gasteiger partial charge in [0.1, 0.15) is 0 Å². The fraction of sp³-hybridized carbons (Fsp3) is 0.111. The molecule has 3 heteroatoms. The summed E-state index contributed by atoms with van der Waals surface area (Å²) < 4.78 is 1.91. The third kappa shape index (κ3) is 2.32. The summed E-state index contributed by atoms with van der Waals surface area (Å²) in [5.41, 5.74) is 6.33. The van der Waals surface area contributed by atoms with Crippen LogP contribution in [0.4, 0.5) is 0 Å². The van der Waals surface area contributed by atoms with Crippen LogP contribution in [0.3, 0.4) is 0 Å². The minimum atomic E-state index is 0.652. The molecule has 3 rings (SSSR count). The number of rotatable bonds is 2. The Morgan fingerprint density at radius 2 is 1.62 bits per heavy atom. The van der Waals surface area contributed by atoms with E-state index in [0.717, 1.165) is 11.4 Å². The third-order valence-corrected chi connectivity index (χ3v) is 3.62. The average molecular weight is 273 g/mol. The Morgan fingerprint density at radius 3 is 2.24 bits per heavy atom. The molecule has 0 spiro atoms. The van der Waals surface area contributed by atoms with Gasteiger partial charge in [-0.15, -0.1) is 0 Å². The summed E-state index contributed by atoms with van der Waals surface area (Å²) >= 11 is 0. The second-order valence-electron chi connectivity index (χ2n) is 5.05. The molecule has 0 amide bonds. The average Bonchev–Trinajstić information content (AvgIpc) is 2.96. The van der Waals surface area contributed by atoms with Gasteiger partial charge in [0.15, 0.2) is 0 Å². The molecule has 1 aromatic heterocycles. The van der Waals surface area contributed by atoms with Crippen LogP contribution >= 0.6 is 0 Å². The van der Waals surface area contributed by atoms with Gasteiger partial charge in [-0.1, -0.05) is 18.2 Å². The van der Waals surface area contributed by atoms with Crippen molar-refractivity contribution in [3.63, 3.8) is 0 Å². The lowest BCUT2D eigenvalue weighted by atomic mass is 10.00. The fourth-order valence-electron chi connectivity index (χ4n) is 2.59. The van der Waals surface area contributed by atoms with Crippen LogP contribution in [0.25, 0.3) is 16.9 Å². The van der Waals surface area contributed by atoms with Gasteiger partial charge in [0.05, 0.1) is 29.2 Å². The van der Waals surface area contributed by atoms with E-state index in [-0.39, 0.29) is 0 Å². The van der Waals surface area contributed by atoms with Crippen LogP contribution < -0.4 is 0 Å². The molecule has 21 heavy (non-hydrogen) atoms. The second-order valence-corrected chi connectivity index (χ2v) is 5.05. The van der Waals surface area contributed by atoms with Crippen LogP contribution in [-0.4, -0.2) is 9.78 Å². The molecule has 0 aliphatic heterocycles. The number of aromatic nitrogens is 2. The van der Waals surface area contributed by atoms with Crippen molar-refractivity contribution in [2.75, 3.05) is 0 Å². The summed E-state index contributed by atoms with van der Waals surface area (Å²) in [4.78, 5) is 0. The van der Waals surface area contributed by atoms with E-state index in [4.69, 9.17) is 5.26 Å². The van der Waals surface area contributed by atoms with E-state index >= 15 is 0 Å². The SMILES string of the molecule is Cc1cccc(C)c1-c1ccnn1-c1ccc(C#N)cc1. The number of aryl methyl sites for hydroxylation is 2. The highest BCUT2D eigenvalue weighted by atomic mass is 15.3. The normalized spacial score (nSPS) is 10.3. The van der Waals surface area contributed by atoms with Gasteiger partial charge in [0.2, 0.25) is 0 Å². The number of nitriles is 1. The van der Waals surface area contributed by atoms with Crippen LogP contribution in [-0.2, 0) is 0 Å². The highest BCUT2D eigenvalue weighted by molar-refractivity contribution is 5.69. The molecule has 0 N–H and O–H groups in total. The van der Waals surface area contributed by atoms with E-state index in [1.165, 1.54) is 16.7 Å². The van der Waals surface area contributed by atoms with Gasteiger partial charge in [-0.25, -0.2) is 4.68 Å². The van der Waals surface area contributed by atoms with Gasteiger partial charge in [-0.3, -0.25) is 0 Å². The van der Waals surface area contributed by atoms with E-state index in [2.05, 4.69) is 43.2 Å². The molecule has 0 atom stereocenters. The zero-order chi connectivity index (χ0) is 14.8. The maximum Gasteiger partial charge on any atom is 0.0991 e. The fourth-order valence-corrected chi connectivity index (χ4v) is 2.59. The van der Waals surface area contributed by atoms with Gasteiger partial charge < -0.3 is 0 Å². The minimum Gasteiger partial charge on any atom is -0.233 e. The molecular weight excluding hydrogens is 258 g/mol. The zero-order valence-electron chi connectivity index (χ0n) is 12.0. The Balaban J connectivity index is 2.15. The van der Waals surface area contributed by atoms with Crippen molar-refractivity contribution >= 4 is 0 Å². The van der Waals surface area contributed by atoms with Gasteiger partial charge >= 0.3 is 0 Å². The van der Waals surface area contributed by atoms with Crippen molar-refractivity contribution in [1.82, 2.24) is 9.78 Å². The van der Waals surface area contributed by atoms with Crippen LogP contribution in [0.15, 0.2) is 54.7 Å². The molecule has 0 unspecified atom stereocenters. The van der Waals surface area contributed by atoms with Crippen LogP contribution in [0.2, 0.25) is 0 Å². The van der Waals surface area contributed by atoms with Crippen LogP contribution in [0, 0.1) is 25.2 Å². The van der Waals surface area contributed by atoms with Crippen molar-refractivity contribution in [3.05, 3.63) is 71.4 Å². The topological polar surface area (TPSA) is 41.6 Å². The molecule has 2 aromatic carbocycles. The van der Waals surface area contributed by atoms with E-state index in [9.17, 15) is 0 Å².